The molecule has 96 valence electrons. The van der Waals surface area contributed by atoms with Crippen molar-refractivity contribution < 1.29 is 18.3 Å². The third kappa shape index (κ3) is 2.46. The quantitative estimate of drug-likeness (QED) is 0.869. The van der Waals surface area contributed by atoms with Crippen molar-refractivity contribution in [3.63, 3.8) is 0 Å². The first-order valence-corrected chi connectivity index (χ1v) is 5.69. The van der Waals surface area contributed by atoms with E-state index in [1.54, 1.807) is 6.92 Å². The lowest BCUT2D eigenvalue weighted by Gasteiger charge is -2.19. The van der Waals surface area contributed by atoms with Gasteiger partial charge in [0.1, 0.15) is 5.82 Å². The summed E-state index contributed by atoms with van der Waals surface area (Å²) >= 11 is 0. The number of fused-ring (bicyclic) bond motifs is 1. The molecule has 1 aromatic heterocycles. The second-order valence-electron chi connectivity index (χ2n) is 4.43. The van der Waals surface area contributed by atoms with E-state index >= 15 is 0 Å². The molecular formula is C11H15F3N2O. The molecule has 0 saturated carbocycles. The van der Waals surface area contributed by atoms with Crippen LogP contribution >= 0.6 is 0 Å². The van der Waals surface area contributed by atoms with Crippen LogP contribution in [-0.4, -0.2) is 26.9 Å². The third-order valence-electron chi connectivity index (χ3n) is 3.16. The molecule has 0 bridgehead atoms. The van der Waals surface area contributed by atoms with Gasteiger partial charge in [0.05, 0.1) is 12.2 Å². The van der Waals surface area contributed by atoms with Crippen molar-refractivity contribution in [3.8, 4) is 0 Å². The molecule has 1 aromatic rings. The fourth-order valence-corrected chi connectivity index (χ4v) is 2.25. The number of hydrogen-bond donors (Lipinski definition) is 1. The van der Waals surface area contributed by atoms with E-state index < -0.39 is 18.8 Å². The normalized spacial score (nSPS) is 17.9. The number of rotatable bonds is 2. The average Bonchev–Trinajstić information content (AvgIpc) is 2.54. The van der Waals surface area contributed by atoms with Gasteiger partial charge in [0.2, 0.25) is 0 Å². The minimum absolute atomic E-state index is 0.447. The van der Waals surface area contributed by atoms with E-state index in [9.17, 15) is 13.2 Å². The standard InChI is InChI=1S/C11H15F3N2O/c1-7-15-8-4-2-3-5-9(8)16(7)6-10(17)11(12,13)14/h10,17H,2-6H2,1H3. The van der Waals surface area contributed by atoms with Crippen molar-refractivity contribution in [1.29, 1.82) is 0 Å². The molecule has 6 heteroatoms. The maximum atomic E-state index is 12.3. The predicted octanol–water partition coefficient (Wildman–Crippen LogP) is 1.99. The lowest BCUT2D eigenvalue weighted by molar-refractivity contribution is -0.207. The summed E-state index contributed by atoms with van der Waals surface area (Å²) in [7, 11) is 0. The van der Waals surface area contributed by atoms with Crippen molar-refractivity contribution in [3.05, 3.63) is 17.2 Å². The van der Waals surface area contributed by atoms with Crippen LogP contribution in [0.5, 0.6) is 0 Å². The summed E-state index contributed by atoms with van der Waals surface area (Å²) in [6, 6.07) is 0. The molecule has 1 aliphatic rings. The Morgan fingerprint density at radius 1 is 1.35 bits per heavy atom. The molecule has 0 fully saturated rings. The van der Waals surface area contributed by atoms with Gasteiger partial charge in [0, 0.05) is 5.69 Å². The maximum absolute atomic E-state index is 12.3. The highest BCUT2D eigenvalue weighted by Gasteiger charge is 2.39. The van der Waals surface area contributed by atoms with Gasteiger partial charge in [-0.3, -0.25) is 0 Å². The first kappa shape index (κ1) is 12.4. The Balaban J connectivity index is 2.24. The number of alkyl halides is 3. The Morgan fingerprint density at radius 2 is 2.00 bits per heavy atom. The molecule has 0 aliphatic heterocycles. The van der Waals surface area contributed by atoms with E-state index in [1.807, 2.05) is 0 Å². The van der Waals surface area contributed by atoms with E-state index in [2.05, 4.69) is 4.98 Å². The van der Waals surface area contributed by atoms with Crippen LogP contribution in [-0.2, 0) is 19.4 Å². The summed E-state index contributed by atoms with van der Waals surface area (Å²) in [5, 5.41) is 9.11. The minimum Gasteiger partial charge on any atom is -0.382 e. The topological polar surface area (TPSA) is 38.0 Å². The van der Waals surface area contributed by atoms with E-state index in [0.29, 0.717) is 5.82 Å². The Labute approximate surface area is 97.3 Å². The summed E-state index contributed by atoms with van der Waals surface area (Å²) in [5.74, 6) is 0.556. The molecule has 3 nitrogen and oxygen atoms in total. The molecule has 0 amide bonds. The van der Waals surface area contributed by atoms with Crippen LogP contribution < -0.4 is 0 Å². The molecule has 1 atom stereocenters. The second-order valence-corrected chi connectivity index (χ2v) is 4.43. The van der Waals surface area contributed by atoms with Crippen LogP contribution in [0.3, 0.4) is 0 Å². The van der Waals surface area contributed by atoms with Crippen LogP contribution in [0.2, 0.25) is 0 Å². The van der Waals surface area contributed by atoms with Gasteiger partial charge < -0.3 is 9.67 Å². The van der Waals surface area contributed by atoms with E-state index in [4.69, 9.17) is 5.11 Å². The molecule has 0 aromatic carbocycles. The Hall–Kier alpha value is -1.04. The van der Waals surface area contributed by atoms with Crippen LogP contribution in [0, 0.1) is 6.92 Å². The van der Waals surface area contributed by atoms with Gasteiger partial charge in [-0.1, -0.05) is 0 Å². The molecule has 1 N–H and O–H groups in total. The highest BCUT2D eigenvalue weighted by Crippen LogP contribution is 2.26. The first-order chi connectivity index (χ1) is 7.89. The average molecular weight is 248 g/mol. The van der Waals surface area contributed by atoms with Gasteiger partial charge in [-0.25, -0.2) is 4.98 Å². The van der Waals surface area contributed by atoms with E-state index in [-0.39, 0.29) is 0 Å². The van der Waals surface area contributed by atoms with Crippen molar-refractivity contribution in [2.45, 2.75) is 51.4 Å². The van der Waals surface area contributed by atoms with E-state index in [0.717, 1.165) is 37.1 Å². The van der Waals surface area contributed by atoms with Crippen molar-refractivity contribution in [1.82, 2.24) is 9.55 Å². The molecule has 1 aliphatic carbocycles. The van der Waals surface area contributed by atoms with Crippen molar-refractivity contribution in [2.24, 2.45) is 0 Å². The van der Waals surface area contributed by atoms with Crippen LogP contribution in [0.4, 0.5) is 13.2 Å². The fraction of sp³-hybridized carbons (Fsp3) is 0.727. The molecule has 17 heavy (non-hydrogen) atoms. The SMILES string of the molecule is Cc1nc2c(n1CC(O)C(F)(F)F)CCCC2. The molecule has 1 unspecified atom stereocenters. The summed E-state index contributed by atoms with van der Waals surface area (Å²) in [5.41, 5.74) is 1.75. The molecule has 0 saturated heterocycles. The molecule has 0 radical (unpaired) electrons. The number of aromatic nitrogens is 2. The van der Waals surface area contributed by atoms with Gasteiger partial charge in [-0.05, 0) is 32.6 Å². The number of aliphatic hydroxyl groups is 1. The fourth-order valence-electron chi connectivity index (χ4n) is 2.25. The number of nitrogens with zero attached hydrogens (tertiary/aromatic N) is 2. The number of hydrogen-bond acceptors (Lipinski definition) is 2. The zero-order valence-electron chi connectivity index (χ0n) is 9.59. The summed E-state index contributed by atoms with van der Waals surface area (Å²) < 4.78 is 38.5. The van der Waals surface area contributed by atoms with Crippen LogP contribution in [0.15, 0.2) is 0 Å². The number of aryl methyl sites for hydroxylation is 2. The van der Waals surface area contributed by atoms with Crippen LogP contribution in [0.25, 0.3) is 0 Å². The molecule has 1 heterocycles. The second kappa shape index (κ2) is 4.33. The Kier molecular flexibility index (Phi) is 3.16. The minimum atomic E-state index is -4.57. The lowest BCUT2D eigenvalue weighted by Crippen LogP contribution is -2.33. The van der Waals surface area contributed by atoms with E-state index in [1.165, 1.54) is 4.57 Å². The van der Waals surface area contributed by atoms with Gasteiger partial charge in [0.15, 0.2) is 6.10 Å². The third-order valence-corrected chi connectivity index (χ3v) is 3.16. The largest absolute Gasteiger partial charge is 0.416 e. The summed E-state index contributed by atoms with van der Waals surface area (Å²) in [4.78, 5) is 4.27. The Morgan fingerprint density at radius 3 is 2.65 bits per heavy atom. The van der Waals surface area contributed by atoms with Crippen molar-refractivity contribution in [2.75, 3.05) is 0 Å². The van der Waals surface area contributed by atoms with Crippen LogP contribution in [0.1, 0.15) is 30.1 Å². The number of aliphatic hydroxyl groups excluding tert-OH is 1. The smallest absolute Gasteiger partial charge is 0.382 e. The monoisotopic (exact) mass is 248 g/mol. The highest BCUT2D eigenvalue weighted by molar-refractivity contribution is 5.20. The highest BCUT2D eigenvalue weighted by atomic mass is 19.4. The van der Waals surface area contributed by atoms with Gasteiger partial charge in [0.25, 0.3) is 0 Å². The number of imidazole rings is 1. The van der Waals surface area contributed by atoms with Crippen molar-refractivity contribution >= 4 is 0 Å². The summed E-state index contributed by atoms with van der Waals surface area (Å²) in [6.07, 6.45) is -3.31. The zero-order valence-corrected chi connectivity index (χ0v) is 9.59. The maximum Gasteiger partial charge on any atom is 0.416 e. The Bertz CT molecular complexity index is 412. The van der Waals surface area contributed by atoms with Gasteiger partial charge in [-0.2, -0.15) is 13.2 Å². The molecule has 2 rings (SSSR count). The lowest BCUT2D eigenvalue weighted by atomic mass is 10.0. The zero-order chi connectivity index (χ0) is 12.6. The molecular weight excluding hydrogens is 233 g/mol. The first-order valence-electron chi connectivity index (χ1n) is 5.69. The van der Waals surface area contributed by atoms with Gasteiger partial charge >= 0.3 is 6.18 Å². The molecule has 0 spiro atoms. The summed E-state index contributed by atoms with van der Waals surface area (Å²) in [6.45, 7) is 1.24. The van der Waals surface area contributed by atoms with Gasteiger partial charge in [-0.15, -0.1) is 0 Å². The predicted molar refractivity (Wildman–Crippen MR) is 55.7 cm³/mol. The number of halogens is 3.